The van der Waals surface area contributed by atoms with Crippen LogP contribution in [0.5, 0.6) is 0 Å². The van der Waals surface area contributed by atoms with Crippen molar-refractivity contribution in [3.63, 3.8) is 0 Å². The fraction of sp³-hybridized carbons (Fsp3) is 0.600. The summed E-state index contributed by atoms with van der Waals surface area (Å²) in [6.07, 6.45) is 1.43. The van der Waals surface area contributed by atoms with Gasteiger partial charge in [-0.1, -0.05) is 25.9 Å². The Morgan fingerprint density at radius 2 is 1.91 bits per heavy atom. The van der Waals surface area contributed by atoms with Crippen LogP contribution in [0.1, 0.15) is 26.7 Å². The Hall–Kier alpha value is -2.22. The Morgan fingerprint density at radius 3 is 2.52 bits per heavy atom. The number of aryl methyl sites for hydroxylation is 1. The van der Waals surface area contributed by atoms with Gasteiger partial charge in [0.2, 0.25) is 11.7 Å². The second-order valence-electron chi connectivity index (χ2n) is 7.05. The molecule has 2 aromatic rings. The van der Waals surface area contributed by atoms with Crippen LogP contribution in [-0.4, -0.2) is 37.8 Å². The summed E-state index contributed by atoms with van der Waals surface area (Å²) in [6.45, 7) is 7.81. The molecular formula is C15H23N5O3. The molecule has 0 atom stereocenters. The first-order valence-corrected chi connectivity index (χ1v) is 7.36. The van der Waals surface area contributed by atoms with E-state index in [9.17, 15) is 9.59 Å². The van der Waals surface area contributed by atoms with E-state index in [1.54, 1.807) is 7.05 Å². The maximum Gasteiger partial charge on any atom is 0.330 e. The van der Waals surface area contributed by atoms with E-state index in [-0.39, 0.29) is 16.8 Å². The summed E-state index contributed by atoms with van der Waals surface area (Å²) < 4.78 is 7.57. The molecule has 0 N–H and O–H groups in total. The molecule has 0 aromatic carbocycles. The molecule has 0 amide bonds. The molecule has 0 aliphatic carbocycles. The molecule has 0 saturated heterocycles. The van der Waals surface area contributed by atoms with Crippen LogP contribution in [0, 0.1) is 5.41 Å². The number of nitrogens with zero attached hydrogens (tertiary/aromatic N) is 5. The second kappa shape index (κ2) is 6.11. The minimum absolute atomic E-state index is 0.158. The van der Waals surface area contributed by atoms with Gasteiger partial charge < -0.3 is 9.09 Å². The minimum Gasteiger partial charge on any atom is -0.338 e. The first-order valence-electron chi connectivity index (χ1n) is 7.36. The van der Waals surface area contributed by atoms with E-state index in [2.05, 4.69) is 35.8 Å². The molecule has 23 heavy (non-hydrogen) atoms. The van der Waals surface area contributed by atoms with Crippen LogP contribution in [0.25, 0.3) is 11.4 Å². The van der Waals surface area contributed by atoms with E-state index < -0.39 is 11.2 Å². The van der Waals surface area contributed by atoms with Gasteiger partial charge in [0, 0.05) is 26.8 Å². The van der Waals surface area contributed by atoms with Crippen LogP contribution in [0.3, 0.4) is 0 Å². The van der Waals surface area contributed by atoms with Gasteiger partial charge in [-0.25, -0.2) is 4.79 Å². The molecule has 2 heterocycles. The average Bonchev–Trinajstić information content (AvgIpc) is 2.86. The summed E-state index contributed by atoms with van der Waals surface area (Å²) in [4.78, 5) is 30.2. The Balaban J connectivity index is 2.27. The maximum absolute atomic E-state index is 12.2. The second-order valence-corrected chi connectivity index (χ2v) is 7.05. The Bertz CT molecular complexity index is 810. The molecule has 0 saturated carbocycles. The summed E-state index contributed by atoms with van der Waals surface area (Å²) in [7, 11) is 4.97. The van der Waals surface area contributed by atoms with Gasteiger partial charge in [0.15, 0.2) is 0 Å². The summed E-state index contributed by atoms with van der Waals surface area (Å²) in [5, 5.41) is 3.87. The predicted octanol–water partition coefficient (Wildman–Crippen LogP) is 0.612. The summed E-state index contributed by atoms with van der Waals surface area (Å²) >= 11 is 0. The molecule has 0 aliphatic rings. The molecule has 2 aromatic heterocycles. The van der Waals surface area contributed by atoms with Gasteiger partial charge in [-0.15, -0.1) is 0 Å². The van der Waals surface area contributed by atoms with Gasteiger partial charge in [-0.05, 0) is 12.5 Å². The minimum atomic E-state index is -0.441. The quantitative estimate of drug-likeness (QED) is 0.820. The lowest BCUT2D eigenvalue weighted by Crippen LogP contribution is -2.37. The third kappa shape index (κ3) is 3.95. The van der Waals surface area contributed by atoms with Crippen LogP contribution in [0.4, 0.5) is 0 Å². The predicted molar refractivity (Wildman–Crippen MR) is 86.0 cm³/mol. The first-order chi connectivity index (χ1) is 10.6. The lowest BCUT2D eigenvalue weighted by molar-refractivity contribution is 0.198. The summed E-state index contributed by atoms with van der Waals surface area (Å²) in [5.41, 5.74) is -0.440. The van der Waals surface area contributed by atoms with Crippen molar-refractivity contribution in [2.45, 2.75) is 27.3 Å². The van der Waals surface area contributed by atoms with Gasteiger partial charge in [-0.2, -0.15) is 4.98 Å². The Kier molecular flexibility index (Phi) is 4.56. The zero-order valence-corrected chi connectivity index (χ0v) is 14.5. The highest BCUT2D eigenvalue weighted by molar-refractivity contribution is 5.50. The van der Waals surface area contributed by atoms with E-state index in [0.29, 0.717) is 12.4 Å². The van der Waals surface area contributed by atoms with E-state index in [1.165, 1.54) is 17.8 Å². The SMILES string of the molecule is CN(Cc1nc(-c2cn(C)c(=O)n(C)c2=O)no1)CC(C)(C)C. The van der Waals surface area contributed by atoms with Crippen molar-refractivity contribution < 1.29 is 4.52 Å². The molecule has 0 bridgehead atoms. The first kappa shape index (κ1) is 17.1. The standard InChI is InChI=1S/C15H23N5O3/c1-15(2,3)9-18(4)8-11-16-12(17-23-11)10-7-19(5)14(22)20(6)13(10)21/h7H,8-9H2,1-6H3. The molecule has 0 fully saturated rings. The van der Waals surface area contributed by atoms with E-state index >= 15 is 0 Å². The Morgan fingerprint density at radius 1 is 1.26 bits per heavy atom. The molecule has 8 heteroatoms. The molecule has 2 rings (SSSR count). The van der Waals surface area contributed by atoms with Gasteiger partial charge in [0.05, 0.1) is 6.54 Å². The van der Waals surface area contributed by atoms with Gasteiger partial charge in [0.25, 0.3) is 5.56 Å². The fourth-order valence-electron chi connectivity index (χ4n) is 2.49. The van der Waals surface area contributed by atoms with Crippen molar-refractivity contribution in [1.82, 2.24) is 24.2 Å². The smallest absolute Gasteiger partial charge is 0.330 e. The van der Waals surface area contributed by atoms with Crippen molar-refractivity contribution >= 4 is 0 Å². The zero-order valence-electron chi connectivity index (χ0n) is 14.5. The third-order valence-electron chi connectivity index (χ3n) is 3.30. The molecule has 126 valence electrons. The molecular weight excluding hydrogens is 298 g/mol. The van der Waals surface area contributed by atoms with Crippen molar-refractivity contribution in [3.8, 4) is 11.4 Å². The van der Waals surface area contributed by atoms with Crippen LogP contribution < -0.4 is 11.2 Å². The summed E-state index contributed by atoms with van der Waals surface area (Å²) in [5.74, 6) is 0.628. The highest BCUT2D eigenvalue weighted by Crippen LogP contribution is 2.16. The van der Waals surface area contributed by atoms with E-state index in [4.69, 9.17) is 4.52 Å². The highest BCUT2D eigenvalue weighted by atomic mass is 16.5. The lowest BCUT2D eigenvalue weighted by Gasteiger charge is -2.25. The number of hydrogen-bond acceptors (Lipinski definition) is 6. The molecule has 0 spiro atoms. The maximum atomic E-state index is 12.2. The van der Waals surface area contributed by atoms with Crippen molar-refractivity contribution in [3.05, 3.63) is 32.9 Å². The van der Waals surface area contributed by atoms with Crippen LogP contribution in [0.2, 0.25) is 0 Å². The summed E-state index contributed by atoms with van der Waals surface area (Å²) in [6, 6.07) is 0. The monoisotopic (exact) mass is 321 g/mol. The zero-order chi connectivity index (χ0) is 17.4. The molecule has 0 aliphatic heterocycles. The number of aromatic nitrogens is 4. The molecule has 8 nitrogen and oxygen atoms in total. The van der Waals surface area contributed by atoms with Crippen molar-refractivity contribution in [1.29, 1.82) is 0 Å². The van der Waals surface area contributed by atoms with E-state index in [0.717, 1.165) is 11.1 Å². The average molecular weight is 321 g/mol. The largest absolute Gasteiger partial charge is 0.338 e. The van der Waals surface area contributed by atoms with Crippen LogP contribution in [0.15, 0.2) is 20.3 Å². The van der Waals surface area contributed by atoms with Crippen LogP contribution >= 0.6 is 0 Å². The molecule has 0 radical (unpaired) electrons. The van der Waals surface area contributed by atoms with E-state index in [1.807, 2.05) is 7.05 Å². The van der Waals surface area contributed by atoms with Gasteiger partial charge in [0.1, 0.15) is 5.56 Å². The topological polar surface area (TPSA) is 86.2 Å². The van der Waals surface area contributed by atoms with Crippen molar-refractivity contribution in [2.24, 2.45) is 19.5 Å². The lowest BCUT2D eigenvalue weighted by atomic mass is 9.96. The van der Waals surface area contributed by atoms with Gasteiger partial charge >= 0.3 is 5.69 Å². The number of rotatable bonds is 4. The highest BCUT2D eigenvalue weighted by Gasteiger charge is 2.18. The molecule has 0 unspecified atom stereocenters. The van der Waals surface area contributed by atoms with Crippen LogP contribution in [-0.2, 0) is 20.6 Å². The third-order valence-corrected chi connectivity index (χ3v) is 3.30. The Labute approximate surface area is 134 Å². The van der Waals surface area contributed by atoms with Gasteiger partial charge in [-0.3, -0.25) is 14.3 Å². The number of hydrogen-bond donors (Lipinski definition) is 0. The fourth-order valence-corrected chi connectivity index (χ4v) is 2.49. The normalized spacial score (nSPS) is 12.1. The van der Waals surface area contributed by atoms with Crippen molar-refractivity contribution in [2.75, 3.05) is 13.6 Å².